The first-order chi connectivity index (χ1) is 6.37. The van der Waals surface area contributed by atoms with Gasteiger partial charge in [-0.25, -0.2) is 4.39 Å². The van der Waals surface area contributed by atoms with E-state index in [4.69, 9.17) is 5.73 Å². The van der Waals surface area contributed by atoms with E-state index in [1.165, 1.54) is 0 Å². The van der Waals surface area contributed by atoms with Gasteiger partial charge in [0.2, 0.25) is 0 Å². The van der Waals surface area contributed by atoms with Crippen LogP contribution in [0.15, 0.2) is 0 Å². The lowest BCUT2D eigenvalue weighted by molar-refractivity contribution is 0.602. The van der Waals surface area contributed by atoms with Gasteiger partial charge in [0.25, 0.3) is 0 Å². The maximum absolute atomic E-state index is 13.7. The lowest BCUT2D eigenvalue weighted by atomic mass is 9.90. The van der Waals surface area contributed by atoms with E-state index in [1.807, 2.05) is 20.8 Å². The van der Waals surface area contributed by atoms with Crippen molar-refractivity contribution < 1.29 is 4.39 Å². The Morgan fingerprint density at radius 3 is 1.93 bits per heavy atom. The molecule has 2 N–H and O–H groups in total. The number of anilines is 1. The molecule has 0 spiro atoms. The summed E-state index contributed by atoms with van der Waals surface area (Å²) in [6.45, 7) is 9.52. The summed E-state index contributed by atoms with van der Waals surface area (Å²) in [5, 5.41) is 0. The molecule has 0 radical (unpaired) electrons. The second kappa shape index (κ2) is 3.60. The van der Waals surface area contributed by atoms with Gasteiger partial charge in [-0.2, -0.15) is 0 Å². The smallest absolute Gasteiger partial charge is 0.129 e. The molecule has 0 amide bonds. The average molecular weight is 195 g/mol. The van der Waals surface area contributed by atoms with E-state index in [9.17, 15) is 4.39 Å². The third-order valence-electron chi connectivity index (χ3n) is 2.90. The van der Waals surface area contributed by atoms with Gasteiger partial charge in [0.15, 0.2) is 0 Å². The highest BCUT2D eigenvalue weighted by Gasteiger charge is 2.16. The Labute approximate surface area is 85.1 Å². The molecule has 14 heavy (non-hydrogen) atoms. The molecule has 1 aromatic carbocycles. The minimum Gasteiger partial charge on any atom is -0.398 e. The number of hydrogen-bond acceptors (Lipinski definition) is 1. The molecule has 0 aliphatic heterocycles. The van der Waals surface area contributed by atoms with Gasteiger partial charge in [0, 0.05) is 5.69 Å². The molecule has 0 atom stereocenters. The molecule has 0 aliphatic carbocycles. The van der Waals surface area contributed by atoms with Crippen molar-refractivity contribution in [2.75, 3.05) is 5.73 Å². The molecule has 0 bridgehead atoms. The number of halogens is 1. The van der Waals surface area contributed by atoms with Crippen LogP contribution in [0.25, 0.3) is 0 Å². The molecule has 1 rings (SSSR count). The molecule has 2 heteroatoms. The highest BCUT2D eigenvalue weighted by Crippen LogP contribution is 2.32. The molecule has 0 unspecified atom stereocenters. The van der Waals surface area contributed by atoms with E-state index in [1.54, 1.807) is 13.8 Å². The Hall–Kier alpha value is -1.05. The molecular weight excluding hydrogens is 177 g/mol. The number of rotatable bonds is 1. The highest BCUT2D eigenvalue weighted by molar-refractivity contribution is 5.61. The van der Waals surface area contributed by atoms with E-state index < -0.39 is 0 Å². The summed E-state index contributed by atoms with van der Waals surface area (Å²) < 4.78 is 13.7. The Morgan fingerprint density at radius 2 is 1.50 bits per heavy atom. The number of nitrogen functional groups attached to an aromatic ring is 1. The zero-order valence-electron chi connectivity index (χ0n) is 9.53. The van der Waals surface area contributed by atoms with Crippen molar-refractivity contribution >= 4 is 5.69 Å². The van der Waals surface area contributed by atoms with Crippen LogP contribution in [0.3, 0.4) is 0 Å². The molecule has 0 heterocycles. The Kier molecular flexibility index (Phi) is 2.84. The number of benzene rings is 1. The fourth-order valence-electron chi connectivity index (χ4n) is 1.91. The van der Waals surface area contributed by atoms with Crippen molar-refractivity contribution in [3.63, 3.8) is 0 Å². The summed E-state index contributed by atoms with van der Waals surface area (Å²) in [7, 11) is 0. The minimum atomic E-state index is -0.111. The van der Waals surface area contributed by atoms with E-state index in [0.29, 0.717) is 11.1 Å². The minimum absolute atomic E-state index is 0.111. The molecule has 78 valence electrons. The maximum Gasteiger partial charge on any atom is 0.129 e. The first-order valence-electron chi connectivity index (χ1n) is 4.92. The third kappa shape index (κ3) is 1.49. The highest BCUT2D eigenvalue weighted by atomic mass is 19.1. The quantitative estimate of drug-likeness (QED) is 0.682. The monoisotopic (exact) mass is 195 g/mol. The zero-order chi connectivity index (χ0) is 11.0. The SMILES string of the molecule is Cc1c(C)c(F)c(C)c(C(C)C)c1N. The molecular formula is C12H18FN. The summed E-state index contributed by atoms with van der Waals surface area (Å²) in [5.41, 5.74) is 9.92. The van der Waals surface area contributed by atoms with Crippen LogP contribution < -0.4 is 5.73 Å². The second-order valence-electron chi connectivity index (χ2n) is 4.17. The molecule has 1 aromatic rings. The molecule has 1 nitrogen and oxygen atoms in total. The lowest BCUT2D eigenvalue weighted by Gasteiger charge is -2.18. The van der Waals surface area contributed by atoms with Gasteiger partial charge in [0.05, 0.1) is 0 Å². The van der Waals surface area contributed by atoms with Crippen LogP contribution in [0.2, 0.25) is 0 Å². The van der Waals surface area contributed by atoms with Gasteiger partial charge in [-0.1, -0.05) is 13.8 Å². The topological polar surface area (TPSA) is 26.0 Å². The average Bonchev–Trinajstić information content (AvgIpc) is 2.11. The third-order valence-corrected chi connectivity index (χ3v) is 2.90. The fraction of sp³-hybridized carbons (Fsp3) is 0.500. The Morgan fingerprint density at radius 1 is 1.00 bits per heavy atom. The fourth-order valence-corrected chi connectivity index (χ4v) is 1.91. The summed E-state index contributed by atoms with van der Waals surface area (Å²) in [6, 6.07) is 0. The molecule has 0 aliphatic rings. The van der Waals surface area contributed by atoms with Gasteiger partial charge in [0.1, 0.15) is 5.82 Å². The molecule has 0 aromatic heterocycles. The van der Waals surface area contributed by atoms with Crippen LogP contribution in [0.5, 0.6) is 0 Å². The van der Waals surface area contributed by atoms with Gasteiger partial charge in [-0.15, -0.1) is 0 Å². The van der Waals surface area contributed by atoms with Crippen molar-refractivity contribution in [2.24, 2.45) is 0 Å². The van der Waals surface area contributed by atoms with Gasteiger partial charge < -0.3 is 5.73 Å². The van der Waals surface area contributed by atoms with E-state index in [0.717, 1.165) is 16.8 Å². The van der Waals surface area contributed by atoms with Crippen LogP contribution in [0, 0.1) is 26.6 Å². The van der Waals surface area contributed by atoms with Gasteiger partial charge in [-0.3, -0.25) is 0 Å². The predicted molar refractivity (Wildman–Crippen MR) is 59.1 cm³/mol. The van der Waals surface area contributed by atoms with Crippen LogP contribution in [0.4, 0.5) is 10.1 Å². The number of nitrogens with two attached hydrogens (primary N) is 1. The first kappa shape index (κ1) is 11.0. The molecule has 0 saturated heterocycles. The molecule has 0 fully saturated rings. The predicted octanol–water partition coefficient (Wildman–Crippen LogP) is 3.46. The standard InChI is InChI=1S/C12H18FN/c1-6(2)10-9(5)11(13)7(3)8(4)12(10)14/h6H,14H2,1-5H3. The zero-order valence-corrected chi connectivity index (χ0v) is 9.53. The van der Waals surface area contributed by atoms with Crippen molar-refractivity contribution in [1.29, 1.82) is 0 Å². The largest absolute Gasteiger partial charge is 0.398 e. The Balaban J connectivity index is 3.60. The first-order valence-corrected chi connectivity index (χ1v) is 4.92. The van der Waals surface area contributed by atoms with Gasteiger partial charge >= 0.3 is 0 Å². The summed E-state index contributed by atoms with van der Waals surface area (Å²) in [4.78, 5) is 0. The van der Waals surface area contributed by atoms with E-state index >= 15 is 0 Å². The van der Waals surface area contributed by atoms with E-state index in [2.05, 4.69) is 0 Å². The van der Waals surface area contributed by atoms with Crippen molar-refractivity contribution in [3.8, 4) is 0 Å². The maximum atomic E-state index is 13.7. The van der Waals surface area contributed by atoms with Crippen LogP contribution in [-0.2, 0) is 0 Å². The summed E-state index contributed by atoms with van der Waals surface area (Å²) in [6.07, 6.45) is 0. The van der Waals surface area contributed by atoms with Crippen LogP contribution in [0.1, 0.15) is 42.0 Å². The number of hydrogen-bond donors (Lipinski definition) is 1. The van der Waals surface area contributed by atoms with Gasteiger partial charge in [-0.05, 0) is 48.9 Å². The molecule has 0 saturated carbocycles. The second-order valence-corrected chi connectivity index (χ2v) is 4.17. The van der Waals surface area contributed by atoms with Crippen molar-refractivity contribution in [1.82, 2.24) is 0 Å². The van der Waals surface area contributed by atoms with Crippen LogP contribution in [-0.4, -0.2) is 0 Å². The van der Waals surface area contributed by atoms with E-state index in [-0.39, 0.29) is 11.7 Å². The van der Waals surface area contributed by atoms with Crippen molar-refractivity contribution in [2.45, 2.75) is 40.5 Å². The summed E-state index contributed by atoms with van der Waals surface area (Å²) in [5.74, 6) is 0.157. The lowest BCUT2D eigenvalue weighted by Crippen LogP contribution is -2.07. The Bertz CT molecular complexity index is 338. The normalized spacial score (nSPS) is 11.1. The summed E-state index contributed by atoms with van der Waals surface area (Å²) >= 11 is 0. The van der Waals surface area contributed by atoms with Crippen LogP contribution >= 0.6 is 0 Å². The van der Waals surface area contributed by atoms with Crippen molar-refractivity contribution in [3.05, 3.63) is 28.1 Å².